The van der Waals surface area contributed by atoms with Gasteiger partial charge in [0.25, 0.3) is 0 Å². The summed E-state index contributed by atoms with van der Waals surface area (Å²) in [5.41, 5.74) is 6.06. The third kappa shape index (κ3) is 1.87. The highest BCUT2D eigenvalue weighted by Crippen LogP contribution is 2.37. The summed E-state index contributed by atoms with van der Waals surface area (Å²) in [6, 6.07) is 8.49. The monoisotopic (exact) mass is 242 g/mol. The number of carbonyl (C=O) groups is 1. The molecule has 3 rings (SSSR count). The summed E-state index contributed by atoms with van der Waals surface area (Å²) in [6.45, 7) is 0. The molecule has 2 aliphatic rings. The molecule has 1 aliphatic heterocycles. The van der Waals surface area contributed by atoms with Crippen molar-refractivity contribution in [3.63, 3.8) is 0 Å². The minimum Gasteiger partial charge on any atom is -0.276 e. The van der Waals surface area contributed by atoms with Gasteiger partial charge in [0, 0.05) is 12.0 Å². The minimum absolute atomic E-state index is 0.310. The fraction of sp³-hybridized carbons (Fsp3) is 0.214. The van der Waals surface area contributed by atoms with Crippen LogP contribution in [0.4, 0.5) is 0 Å². The van der Waals surface area contributed by atoms with Gasteiger partial charge in [0.2, 0.25) is 5.24 Å². The number of rotatable bonds is 1. The molecular formula is C14H12BClO. The zero-order valence-electron chi connectivity index (χ0n) is 9.50. The van der Waals surface area contributed by atoms with Gasteiger partial charge in [-0.25, -0.2) is 0 Å². The second-order valence-corrected chi connectivity index (χ2v) is 4.98. The summed E-state index contributed by atoms with van der Waals surface area (Å²) in [5.74, 6) is 0. The quantitative estimate of drug-likeness (QED) is 0.546. The van der Waals surface area contributed by atoms with E-state index in [0.717, 1.165) is 25.6 Å². The van der Waals surface area contributed by atoms with Gasteiger partial charge in [-0.2, -0.15) is 0 Å². The van der Waals surface area contributed by atoms with Gasteiger partial charge in [-0.1, -0.05) is 42.1 Å². The van der Waals surface area contributed by atoms with Crippen LogP contribution in [0.2, 0.25) is 6.32 Å². The van der Waals surface area contributed by atoms with Gasteiger partial charge in [-0.15, -0.1) is 0 Å². The van der Waals surface area contributed by atoms with Crippen LogP contribution in [0.25, 0.3) is 5.57 Å². The predicted octanol–water partition coefficient (Wildman–Crippen LogP) is 2.42. The maximum Gasteiger partial charge on any atom is 0.248 e. The van der Waals surface area contributed by atoms with Crippen molar-refractivity contribution in [3.05, 3.63) is 47.1 Å². The third-order valence-electron chi connectivity index (χ3n) is 3.59. The lowest BCUT2D eigenvalue weighted by Gasteiger charge is -2.08. The average molecular weight is 243 g/mol. The Morgan fingerprint density at radius 3 is 2.94 bits per heavy atom. The third-order valence-corrected chi connectivity index (χ3v) is 3.83. The van der Waals surface area contributed by atoms with Crippen LogP contribution in [0.1, 0.15) is 18.4 Å². The van der Waals surface area contributed by atoms with Crippen LogP contribution in [-0.2, 0) is 4.79 Å². The van der Waals surface area contributed by atoms with Crippen LogP contribution < -0.4 is 5.46 Å². The molecule has 0 N–H and O–H groups in total. The fourth-order valence-electron chi connectivity index (χ4n) is 2.77. The van der Waals surface area contributed by atoms with E-state index in [4.69, 9.17) is 11.6 Å². The van der Waals surface area contributed by atoms with Crippen LogP contribution in [-0.4, -0.2) is 12.5 Å². The Morgan fingerprint density at radius 2 is 2.12 bits per heavy atom. The molecule has 17 heavy (non-hydrogen) atoms. The summed E-state index contributed by atoms with van der Waals surface area (Å²) in [5, 5.41) is -0.310. The normalized spacial score (nSPS) is 17.8. The van der Waals surface area contributed by atoms with E-state index < -0.39 is 0 Å². The van der Waals surface area contributed by atoms with Gasteiger partial charge in [-0.3, -0.25) is 4.79 Å². The first-order valence-electron chi connectivity index (χ1n) is 5.96. The molecule has 3 heteroatoms. The Morgan fingerprint density at radius 1 is 1.29 bits per heavy atom. The molecule has 84 valence electrons. The molecule has 1 aliphatic carbocycles. The second-order valence-electron chi connectivity index (χ2n) is 4.63. The maximum atomic E-state index is 11.3. The van der Waals surface area contributed by atoms with Gasteiger partial charge in [0.05, 0.1) is 0 Å². The largest absolute Gasteiger partial charge is 0.276 e. The molecule has 0 unspecified atom stereocenters. The lowest BCUT2D eigenvalue weighted by molar-refractivity contribution is -0.108. The highest BCUT2D eigenvalue weighted by atomic mass is 35.5. The van der Waals surface area contributed by atoms with Crippen molar-refractivity contribution in [2.75, 3.05) is 0 Å². The average Bonchev–Trinajstić information content (AvgIpc) is 2.67. The molecule has 0 amide bonds. The maximum absolute atomic E-state index is 11.3. The Bertz CT molecular complexity index is 557. The Labute approximate surface area is 106 Å². The standard InChI is InChI=1S/C14H12BClO/c16-14(17)10-7-9-5-6-15-13-4-2-1-3-11(13)12(9)8-10/h1-4,7,15H,5-6,8H2. The van der Waals surface area contributed by atoms with Crippen LogP contribution in [0.15, 0.2) is 41.5 Å². The molecule has 0 saturated carbocycles. The highest BCUT2D eigenvalue weighted by Gasteiger charge is 2.24. The van der Waals surface area contributed by atoms with Gasteiger partial charge >= 0.3 is 0 Å². The first-order valence-corrected chi connectivity index (χ1v) is 6.34. The smallest absolute Gasteiger partial charge is 0.248 e. The van der Waals surface area contributed by atoms with Crippen molar-refractivity contribution in [2.45, 2.75) is 19.2 Å². The molecule has 0 bridgehead atoms. The van der Waals surface area contributed by atoms with Crippen LogP contribution in [0, 0.1) is 0 Å². The molecule has 0 spiro atoms. The van der Waals surface area contributed by atoms with Crippen molar-refractivity contribution < 1.29 is 4.79 Å². The van der Waals surface area contributed by atoms with E-state index in [9.17, 15) is 4.79 Å². The van der Waals surface area contributed by atoms with E-state index >= 15 is 0 Å². The number of hydrogen-bond donors (Lipinski definition) is 0. The molecule has 0 atom stereocenters. The molecule has 1 nitrogen and oxygen atoms in total. The van der Waals surface area contributed by atoms with E-state index in [-0.39, 0.29) is 5.24 Å². The molecule has 0 radical (unpaired) electrons. The number of fused-ring (bicyclic) bond motifs is 2. The van der Waals surface area contributed by atoms with Crippen LogP contribution >= 0.6 is 11.6 Å². The molecule has 0 saturated heterocycles. The van der Waals surface area contributed by atoms with E-state index in [0.29, 0.717) is 6.42 Å². The van der Waals surface area contributed by atoms with Gasteiger partial charge < -0.3 is 0 Å². The first-order chi connectivity index (χ1) is 8.25. The summed E-state index contributed by atoms with van der Waals surface area (Å²) in [4.78, 5) is 11.3. The zero-order chi connectivity index (χ0) is 11.8. The number of benzene rings is 1. The summed E-state index contributed by atoms with van der Waals surface area (Å²) in [6.07, 6.45) is 4.90. The van der Waals surface area contributed by atoms with Gasteiger partial charge in [-0.05, 0) is 34.7 Å². The Kier molecular flexibility index (Phi) is 2.68. The summed E-state index contributed by atoms with van der Waals surface area (Å²) < 4.78 is 0. The van der Waals surface area contributed by atoms with Gasteiger partial charge in [0.15, 0.2) is 7.28 Å². The second kappa shape index (κ2) is 4.19. The topological polar surface area (TPSA) is 17.1 Å². The fourth-order valence-corrected chi connectivity index (χ4v) is 2.89. The van der Waals surface area contributed by atoms with E-state index in [2.05, 4.69) is 24.3 Å². The lowest BCUT2D eigenvalue weighted by Crippen LogP contribution is -2.16. The Hall–Kier alpha value is -1.28. The molecule has 1 heterocycles. The van der Waals surface area contributed by atoms with Crippen LogP contribution in [0.3, 0.4) is 0 Å². The van der Waals surface area contributed by atoms with E-state index in [1.807, 2.05) is 6.08 Å². The molecular weight excluding hydrogens is 230 g/mol. The van der Waals surface area contributed by atoms with Crippen molar-refractivity contribution in [1.29, 1.82) is 0 Å². The minimum atomic E-state index is -0.310. The lowest BCUT2D eigenvalue weighted by atomic mass is 9.65. The van der Waals surface area contributed by atoms with Gasteiger partial charge in [0.1, 0.15) is 0 Å². The molecule has 1 aromatic rings. The number of halogens is 1. The Balaban J connectivity index is 2.06. The SMILES string of the molecule is O=C(Cl)C1=CC2=C(C1)c1ccccc1BCC2. The van der Waals surface area contributed by atoms with Crippen LogP contribution in [0.5, 0.6) is 0 Å². The number of hydrogen-bond acceptors (Lipinski definition) is 1. The molecule has 0 aromatic heterocycles. The summed E-state index contributed by atoms with van der Waals surface area (Å²) in [7, 11) is 1.13. The highest BCUT2D eigenvalue weighted by molar-refractivity contribution is 6.68. The summed E-state index contributed by atoms with van der Waals surface area (Å²) >= 11 is 5.58. The zero-order valence-corrected chi connectivity index (χ0v) is 10.3. The van der Waals surface area contributed by atoms with E-state index in [1.165, 1.54) is 22.2 Å². The van der Waals surface area contributed by atoms with Crippen molar-refractivity contribution in [3.8, 4) is 0 Å². The number of carbonyl (C=O) groups excluding carboxylic acids is 1. The van der Waals surface area contributed by atoms with Crippen molar-refractivity contribution in [1.82, 2.24) is 0 Å². The molecule has 1 aromatic carbocycles. The number of allylic oxidation sites excluding steroid dienone is 4. The first kappa shape index (κ1) is 10.9. The van der Waals surface area contributed by atoms with E-state index in [1.54, 1.807) is 0 Å². The predicted molar refractivity (Wildman–Crippen MR) is 73.1 cm³/mol. The molecule has 0 fully saturated rings. The van der Waals surface area contributed by atoms with Crippen molar-refractivity contribution >= 4 is 35.2 Å². The van der Waals surface area contributed by atoms with Crippen molar-refractivity contribution in [2.24, 2.45) is 0 Å².